The van der Waals surface area contributed by atoms with Gasteiger partial charge in [0.15, 0.2) is 0 Å². The highest BCUT2D eigenvalue weighted by Crippen LogP contribution is 2.31. The Kier molecular flexibility index (Phi) is 3.50. The summed E-state index contributed by atoms with van der Waals surface area (Å²) in [5.41, 5.74) is -1.02. The third-order valence-electron chi connectivity index (χ3n) is 2.73. The fourth-order valence-corrected chi connectivity index (χ4v) is 1.52. The second-order valence-electron chi connectivity index (χ2n) is 4.28. The van der Waals surface area contributed by atoms with Gasteiger partial charge in [0.2, 0.25) is 5.91 Å². The van der Waals surface area contributed by atoms with Gasteiger partial charge in [-0.3, -0.25) is 4.79 Å². The van der Waals surface area contributed by atoms with Gasteiger partial charge in [-0.2, -0.15) is 13.2 Å². The second kappa shape index (κ2) is 4.39. The Morgan fingerprint density at radius 3 is 1.82 bits per heavy atom. The summed E-state index contributed by atoms with van der Waals surface area (Å²) in [7, 11) is 1.49. The monoisotopic (exact) mass is 245 g/mol. The number of nitrogens with one attached hydrogen (secondary N) is 1. The van der Waals surface area contributed by atoms with Crippen molar-refractivity contribution in [3.8, 4) is 0 Å². The van der Waals surface area contributed by atoms with Crippen molar-refractivity contribution in [3.05, 3.63) is 35.4 Å². The van der Waals surface area contributed by atoms with E-state index in [2.05, 4.69) is 5.32 Å². The Hall–Kier alpha value is -1.52. The molecule has 0 spiro atoms. The maximum atomic E-state index is 12.4. The van der Waals surface area contributed by atoms with E-state index in [1.165, 1.54) is 19.2 Å². The zero-order valence-corrected chi connectivity index (χ0v) is 9.85. The molecule has 1 rings (SSSR count). The third kappa shape index (κ3) is 2.78. The van der Waals surface area contributed by atoms with Crippen LogP contribution in [0.5, 0.6) is 0 Å². The summed E-state index contributed by atoms with van der Waals surface area (Å²) < 4.78 is 37.1. The summed E-state index contributed by atoms with van der Waals surface area (Å²) in [6.45, 7) is 3.32. The van der Waals surface area contributed by atoms with E-state index < -0.39 is 17.2 Å². The van der Waals surface area contributed by atoms with Crippen LogP contribution in [0.4, 0.5) is 13.2 Å². The molecule has 0 saturated carbocycles. The van der Waals surface area contributed by atoms with Crippen molar-refractivity contribution in [2.24, 2.45) is 0 Å². The minimum Gasteiger partial charge on any atom is -0.358 e. The number of carbonyl (C=O) groups is 1. The van der Waals surface area contributed by atoms with Gasteiger partial charge in [-0.05, 0) is 31.5 Å². The lowest BCUT2D eigenvalue weighted by molar-refractivity contribution is -0.137. The van der Waals surface area contributed by atoms with Crippen LogP contribution in [0.1, 0.15) is 25.0 Å². The molecule has 17 heavy (non-hydrogen) atoms. The quantitative estimate of drug-likeness (QED) is 0.852. The molecule has 1 amide bonds. The zero-order chi connectivity index (χ0) is 13.3. The summed E-state index contributed by atoms with van der Waals surface area (Å²) >= 11 is 0. The average molecular weight is 245 g/mol. The molecule has 5 heteroatoms. The molecule has 0 unspecified atom stereocenters. The van der Waals surface area contributed by atoms with Gasteiger partial charge in [0, 0.05) is 7.05 Å². The molecule has 1 aromatic rings. The van der Waals surface area contributed by atoms with Crippen molar-refractivity contribution in [1.82, 2.24) is 5.32 Å². The molecule has 1 N–H and O–H groups in total. The van der Waals surface area contributed by atoms with Crippen molar-refractivity contribution in [1.29, 1.82) is 0 Å². The number of benzene rings is 1. The van der Waals surface area contributed by atoms with Gasteiger partial charge in [-0.1, -0.05) is 12.1 Å². The van der Waals surface area contributed by atoms with Crippen LogP contribution in [-0.2, 0) is 16.4 Å². The Balaban J connectivity index is 3.07. The first-order chi connectivity index (χ1) is 7.69. The minimum atomic E-state index is -4.35. The maximum absolute atomic E-state index is 12.4. The molecule has 0 saturated heterocycles. The lowest BCUT2D eigenvalue weighted by Gasteiger charge is -2.23. The van der Waals surface area contributed by atoms with Crippen molar-refractivity contribution in [3.63, 3.8) is 0 Å². The van der Waals surface area contributed by atoms with Crippen LogP contribution in [0.15, 0.2) is 24.3 Å². The number of halogens is 3. The highest BCUT2D eigenvalue weighted by molar-refractivity contribution is 5.87. The van der Waals surface area contributed by atoms with Crippen LogP contribution in [-0.4, -0.2) is 13.0 Å². The number of hydrogen-bond donors (Lipinski definition) is 1. The molecular formula is C12H14F3NO. The Labute approximate surface area is 97.8 Å². The van der Waals surface area contributed by atoms with Gasteiger partial charge in [-0.25, -0.2) is 0 Å². The molecule has 94 valence electrons. The van der Waals surface area contributed by atoms with Crippen molar-refractivity contribution < 1.29 is 18.0 Å². The van der Waals surface area contributed by atoms with E-state index in [1.54, 1.807) is 13.8 Å². The van der Waals surface area contributed by atoms with Gasteiger partial charge in [-0.15, -0.1) is 0 Å². The molecule has 2 nitrogen and oxygen atoms in total. The minimum absolute atomic E-state index is 0.239. The van der Waals surface area contributed by atoms with Crippen molar-refractivity contribution in [2.75, 3.05) is 7.05 Å². The topological polar surface area (TPSA) is 29.1 Å². The standard InChI is InChI=1S/C12H14F3NO/c1-11(2,10(17)16-3)8-4-6-9(7-5-8)12(13,14)15/h4-7H,1-3H3,(H,16,17). The number of hydrogen-bond acceptors (Lipinski definition) is 1. The number of likely N-dealkylation sites (N-methyl/N-ethyl adjacent to an activating group) is 1. The van der Waals surface area contributed by atoms with Gasteiger partial charge in [0.05, 0.1) is 11.0 Å². The largest absolute Gasteiger partial charge is 0.416 e. The van der Waals surface area contributed by atoms with Crippen LogP contribution in [0.2, 0.25) is 0 Å². The Morgan fingerprint density at radius 2 is 1.47 bits per heavy atom. The highest BCUT2D eigenvalue weighted by atomic mass is 19.4. The first kappa shape index (κ1) is 13.5. The van der Waals surface area contributed by atoms with Crippen molar-refractivity contribution in [2.45, 2.75) is 25.4 Å². The van der Waals surface area contributed by atoms with E-state index >= 15 is 0 Å². The summed E-state index contributed by atoms with van der Waals surface area (Å²) in [6, 6.07) is 4.64. The smallest absolute Gasteiger partial charge is 0.358 e. The first-order valence-electron chi connectivity index (χ1n) is 5.09. The van der Waals surface area contributed by atoms with Gasteiger partial charge >= 0.3 is 6.18 Å². The Bertz CT molecular complexity index is 407. The molecule has 0 aliphatic heterocycles. The SMILES string of the molecule is CNC(=O)C(C)(C)c1ccc(C(F)(F)F)cc1. The lowest BCUT2D eigenvalue weighted by Crippen LogP contribution is -2.38. The molecule has 0 fully saturated rings. The molecular weight excluding hydrogens is 231 g/mol. The molecule has 1 aromatic carbocycles. The van der Waals surface area contributed by atoms with E-state index in [0.29, 0.717) is 5.56 Å². The summed E-state index contributed by atoms with van der Waals surface area (Å²) in [6.07, 6.45) is -4.35. The summed E-state index contributed by atoms with van der Waals surface area (Å²) in [5, 5.41) is 2.49. The van der Waals surface area contributed by atoms with Crippen LogP contribution in [0.3, 0.4) is 0 Å². The fourth-order valence-electron chi connectivity index (χ4n) is 1.52. The van der Waals surface area contributed by atoms with Crippen LogP contribution < -0.4 is 5.32 Å². The van der Waals surface area contributed by atoms with Gasteiger partial charge in [0.1, 0.15) is 0 Å². The third-order valence-corrected chi connectivity index (χ3v) is 2.73. The van der Waals surface area contributed by atoms with Crippen molar-refractivity contribution >= 4 is 5.91 Å². The molecule has 0 aromatic heterocycles. The summed E-state index contributed by atoms with van der Waals surface area (Å²) in [4.78, 5) is 11.6. The molecule has 0 bridgehead atoms. The highest BCUT2D eigenvalue weighted by Gasteiger charge is 2.32. The summed E-state index contributed by atoms with van der Waals surface area (Å²) in [5.74, 6) is -0.239. The van der Waals surface area contributed by atoms with Crippen LogP contribution in [0, 0.1) is 0 Å². The van der Waals surface area contributed by atoms with Crippen LogP contribution in [0.25, 0.3) is 0 Å². The van der Waals surface area contributed by atoms with E-state index in [4.69, 9.17) is 0 Å². The van der Waals surface area contributed by atoms with Gasteiger partial charge < -0.3 is 5.32 Å². The fraction of sp³-hybridized carbons (Fsp3) is 0.417. The van der Waals surface area contributed by atoms with E-state index in [-0.39, 0.29) is 5.91 Å². The Morgan fingerprint density at radius 1 is 1.06 bits per heavy atom. The average Bonchev–Trinajstić information content (AvgIpc) is 2.27. The number of rotatable bonds is 2. The molecule has 0 radical (unpaired) electrons. The zero-order valence-electron chi connectivity index (χ0n) is 9.85. The number of carbonyl (C=O) groups excluding carboxylic acids is 1. The lowest BCUT2D eigenvalue weighted by atomic mass is 9.83. The van der Waals surface area contributed by atoms with Gasteiger partial charge in [0.25, 0.3) is 0 Å². The normalized spacial score (nSPS) is 12.4. The maximum Gasteiger partial charge on any atom is 0.416 e. The van der Waals surface area contributed by atoms with E-state index in [9.17, 15) is 18.0 Å². The molecule has 0 atom stereocenters. The van der Waals surface area contributed by atoms with Crippen LogP contribution >= 0.6 is 0 Å². The van der Waals surface area contributed by atoms with E-state index in [0.717, 1.165) is 12.1 Å². The van der Waals surface area contributed by atoms with E-state index in [1.807, 2.05) is 0 Å². The number of alkyl halides is 3. The molecule has 0 heterocycles. The predicted octanol–water partition coefficient (Wildman–Crippen LogP) is 2.73. The second-order valence-corrected chi connectivity index (χ2v) is 4.28. The predicted molar refractivity (Wildman–Crippen MR) is 58.5 cm³/mol. The number of amides is 1. The molecule has 0 aliphatic rings. The first-order valence-corrected chi connectivity index (χ1v) is 5.09. The molecule has 0 aliphatic carbocycles.